The van der Waals surface area contributed by atoms with E-state index in [9.17, 15) is 0 Å². The maximum absolute atomic E-state index is 5.37. The molecule has 7 heteroatoms. The minimum atomic E-state index is 0.594. The average molecular weight is 970 g/mol. The van der Waals surface area contributed by atoms with Crippen LogP contribution in [0.2, 0.25) is 0 Å². The predicted octanol–water partition coefficient (Wildman–Crippen LogP) is 17.3. The normalized spacial score (nSPS) is 11.9. The first-order valence-electron chi connectivity index (χ1n) is 25.8. The third-order valence-corrected chi connectivity index (χ3v) is 15.4. The van der Waals surface area contributed by atoms with Crippen LogP contribution in [-0.2, 0) is 0 Å². The van der Waals surface area contributed by atoms with E-state index in [0.717, 1.165) is 61.5 Å². The van der Waals surface area contributed by atoms with E-state index in [1.165, 1.54) is 65.2 Å². The molecule has 0 fully saturated rings. The van der Waals surface area contributed by atoms with Crippen LogP contribution >= 0.6 is 0 Å². The van der Waals surface area contributed by atoms with E-state index < -0.39 is 0 Å². The number of benzene rings is 11. The summed E-state index contributed by atoms with van der Waals surface area (Å²) in [6, 6.07) is 93.1. The van der Waals surface area contributed by atoms with E-state index in [2.05, 4.69) is 261 Å². The van der Waals surface area contributed by atoms with Crippen molar-refractivity contribution >= 4 is 87.2 Å². The molecule has 0 saturated carbocycles. The van der Waals surface area contributed by atoms with Crippen LogP contribution in [0.5, 0.6) is 0 Å². The van der Waals surface area contributed by atoms with E-state index >= 15 is 0 Å². The van der Waals surface area contributed by atoms with E-state index in [0.29, 0.717) is 17.5 Å². The minimum Gasteiger partial charge on any atom is -0.309 e. The molecular formula is C69H43N7. The molecule has 0 aliphatic heterocycles. The van der Waals surface area contributed by atoms with Crippen molar-refractivity contribution in [1.29, 1.82) is 0 Å². The minimum absolute atomic E-state index is 0.594. The van der Waals surface area contributed by atoms with Crippen molar-refractivity contribution in [2.24, 2.45) is 0 Å². The lowest BCUT2D eigenvalue weighted by Gasteiger charge is -2.13. The van der Waals surface area contributed by atoms with Gasteiger partial charge in [0.1, 0.15) is 0 Å². The molecule has 7 nitrogen and oxygen atoms in total. The highest BCUT2D eigenvalue weighted by molar-refractivity contribution is 6.27. The Morgan fingerprint density at radius 3 is 0.974 bits per heavy atom. The molecule has 16 rings (SSSR count). The summed E-state index contributed by atoms with van der Waals surface area (Å²) in [7, 11) is 0. The molecule has 0 saturated heterocycles. The number of aromatic nitrogens is 7. The second-order valence-electron chi connectivity index (χ2n) is 19.6. The van der Waals surface area contributed by atoms with Gasteiger partial charge in [0.2, 0.25) is 0 Å². The zero-order valence-corrected chi connectivity index (χ0v) is 41.0. The second kappa shape index (κ2) is 16.6. The van der Waals surface area contributed by atoms with Crippen LogP contribution in [0.3, 0.4) is 0 Å². The van der Waals surface area contributed by atoms with Gasteiger partial charge in [0, 0.05) is 82.5 Å². The van der Waals surface area contributed by atoms with Gasteiger partial charge in [-0.1, -0.05) is 176 Å². The zero-order valence-electron chi connectivity index (χ0n) is 41.0. The Labute approximate surface area is 436 Å². The van der Waals surface area contributed by atoms with Crippen molar-refractivity contribution < 1.29 is 0 Å². The van der Waals surface area contributed by atoms with Gasteiger partial charge >= 0.3 is 0 Å². The molecule has 0 atom stereocenters. The smallest absolute Gasteiger partial charge is 0.164 e. The molecule has 0 aliphatic carbocycles. The number of rotatable bonds is 7. The van der Waals surface area contributed by atoms with Crippen LogP contribution in [0.25, 0.3) is 144 Å². The van der Waals surface area contributed by atoms with Crippen molar-refractivity contribution in [1.82, 2.24) is 33.2 Å². The fourth-order valence-electron chi connectivity index (χ4n) is 12.2. The molecule has 0 N–H and O–H groups in total. The van der Waals surface area contributed by atoms with Crippen molar-refractivity contribution in [2.45, 2.75) is 0 Å². The van der Waals surface area contributed by atoms with E-state index in [1.54, 1.807) is 0 Å². The van der Waals surface area contributed by atoms with Crippen molar-refractivity contribution in [3.8, 4) is 56.9 Å². The molecule has 354 valence electrons. The Morgan fingerprint density at radius 2 is 0.539 bits per heavy atom. The SMILES string of the molecule is c1ccc(-c2nc(-c3cccc(-n4c5ccccc5c5c4ccc4c6ccccc6n(-c6ccccc6)c45)c3)nc(-c3cccc(-n4c5ccccc5c5c4ccc4c6ccccc6n(-c6ccccc6)c45)c3)n2)cc1. The molecule has 11 aromatic carbocycles. The maximum Gasteiger partial charge on any atom is 0.164 e. The lowest BCUT2D eigenvalue weighted by atomic mass is 10.1. The molecule has 5 aromatic heterocycles. The van der Waals surface area contributed by atoms with Gasteiger partial charge in [-0.2, -0.15) is 0 Å². The molecule has 0 spiro atoms. The molecule has 0 radical (unpaired) electrons. The maximum atomic E-state index is 5.37. The topological polar surface area (TPSA) is 58.4 Å². The Morgan fingerprint density at radius 1 is 0.211 bits per heavy atom. The average Bonchev–Trinajstić information content (AvgIpc) is 4.27. The van der Waals surface area contributed by atoms with Crippen LogP contribution in [-0.4, -0.2) is 33.2 Å². The highest BCUT2D eigenvalue weighted by atomic mass is 15.1. The first kappa shape index (κ1) is 42.2. The summed E-state index contributed by atoms with van der Waals surface area (Å²) in [6.45, 7) is 0. The largest absolute Gasteiger partial charge is 0.309 e. The van der Waals surface area contributed by atoms with E-state index in [4.69, 9.17) is 15.0 Å². The molecule has 5 heterocycles. The van der Waals surface area contributed by atoms with Crippen molar-refractivity contribution in [3.63, 3.8) is 0 Å². The van der Waals surface area contributed by atoms with Crippen molar-refractivity contribution in [2.75, 3.05) is 0 Å². The summed E-state index contributed by atoms with van der Waals surface area (Å²) in [6.07, 6.45) is 0. The van der Waals surface area contributed by atoms with Gasteiger partial charge in [-0.3, -0.25) is 0 Å². The number of nitrogens with zero attached hydrogens (tertiary/aromatic N) is 7. The Hall–Kier alpha value is -10.4. The fourth-order valence-corrected chi connectivity index (χ4v) is 12.2. The first-order chi connectivity index (χ1) is 37.7. The van der Waals surface area contributed by atoms with Gasteiger partial charge in [-0.25, -0.2) is 15.0 Å². The van der Waals surface area contributed by atoms with Crippen LogP contribution in [0.1, 0.15) is 0 Å². The number of hydrogen-bond acceptors (Lipinski definition) is 3. The van der Waals surface area contributed by atoms with Gasteiger partial charge in [-0.15, -0.1) is 0 Å². The summed E-state index contributed by atoms with van der Waals surface area (Å²) in [5, 5.41) is 9.70. The fraction of sp³-hybridized carbons (Fsp3) is 0. The van der Waals surface area contributed by atoms with Crippen LogP contribution in [0.15, 0.2) is 261 Å². The molecule has 0 bridgehead atoms. The molecule has 0 amide bonds. The van der Waals surface area contributed by atoms with Gasteiger partial charge < -0.3 is 18.3 Å². The zero-order chi connectivity index (χ0) is 49.8. The molecule has 16 aromatic rings. The molecule has 0 aliphatic rings. The van der Waals surface area contributed by atoms with Crippen LogP contribution < -0.4 is 0 Å². The Balaban J connectivity index is 0.881. The van der Waals surface area contributed by atoms with E-state index in [-0.39, 0.29) is 0 Å². The van der Waals surface area contributed by atoms with Crippen LogP contribution in [0.4, 0.5) is 0 Å². The van der Waals surface area contributed by atoms with Gasteiger partial charge in [0.05, 0.1) is 44.1 Å². The number of para-hydroxylation sites is 6. The lowest BCUT2D eigenvalue weighted by molar-refractivity contribution is 1.07. The summed E-state index contributed by atoms with van der Waals surface area (Å²) in [4.78, 5) is 15.9. The second-order valence-corrected chi connectivity index (χ2v) is 19.6. The predicted molar refractivity (Wildman–Crippen MR) is 313 cm³/mol. The standard InChI is InChI=1S/C69H43N7/c1-4-20-44(21-5-1)67-70-68(45-22-18-28-49(42-45)73-59-36-16-12-32-55(59)63-61(73)40-38-53-51-30-10-14-34-57(51)75(65(53)63)47-24-6-2-7-25-47)72-69(71-67)46-23-19-29-50(43-46)74-60-37-17-13-33-56(60)64-62(74)41-39-54-52-31-11-15-35-58(52)76(66(54)64)48-26-8-3-9-27-48/h1-43H. The summed E-state index contributed by atoms with van der Waals surface area (Å²) >= 11 is 0. The molecule has 76 heavy (non-hydrogen) atoms. The molecule has 0 unspecified atom stereocenters. The number of fused-ring (bicyclic) bond motifs is 14. The van der Waals surface area contributed by atoms with Gasteiger partial charge in [0.25, 0.3) is 0 Å². The van der Waals surface area contributed by atoms with Gasteiger partial charge in [-0.05, 0) is 84.9 Å². The summed E-state index contributed by atoms with van der Waals surface area (Å²) in [5.41, 5.74) is 16.2. The van der Waals surface area contributed by atoms with E-state index in [1.807, 2.05) is 18.2 Å². The molecular weight excluding hydrogens is 927 g/mol. The highest BCUT2D eigenvalue weighted by Crippen LogP contribution is 2.44. The summed E-state index contributed by atoms with van der Waals surface area (Å²) < 4.78 is 9.64. The monoisotopic (exact) mass is 969 g/mol. The highest BCUT2D eigenvalue weighted by Gasteiger charge is 2.24. The quantitative estimate of drug-likeness (QED) is 0.160. The van der Waals surface area contributed by atoms with Crippen molar-refractivity contribution in [3.05, 3.63) is 261 Å². The third kappa shape index (κ3) is 6.26. The Kier molecular flexibility index (Phi) is 9.20. The van der Waals surface area contributed by atoms with Gasteiger partial charge in [0.15, 0.2) is 17.5 Å². The first-order valence-corrected chi connectivity index (χ1v) is 25.8. The Bertz CT molecular complexity index is 4690. The number of hydrogen-bond donors (Lipinski definition) is 0. The lowest BCUT2D eigenvalue weighted by Crippen LogP contribution is -2.02. The third-order valence-electron chi connectivity index (χ3n) is 15.4. The summed E-state index contributed by atoms with van der Waals surface area (Å²) in [5.74, 6) is 1.80. The van der Waals surface area contributed by atoms with Crippen LogP contribution in [0, 0.1) is 0 Å².